The number of benzene rings is 2. The molecule has 0 atom stereocenters. The maximum Gasteiger partial charge on any atom is 0.257 e. The summed E-state index contributed by atoms with van der Waals surface area (Å²) in [5.74, 6) is 1.22. The van der Waals surface area contributed by atoms with Gasteiger partial charge in [0, 0.05) is 7.05 Å². The number of nitrogens with zero attached hydrogens (tertiary/aromatic N) is 1. The Morgan fingerprint density at radius 2 is 1.73 bits per heavy atom. The molecule has 1 N–H and O–H groups in total. The molecule has 5 heteroatoms. The third kappa shape index (κ3) is 3.91. The first-order chi connectivity index (χ1) is 10.6. The van der Waals surface area contributed by atoms with Crippen LogP contribution in [0.1, 0.15) is 10.4 Å². The van der Waals surface area contributed by atoms with Gasteiger partial charge < -0.3 is 19.5 Å². The average molecular weight is 301 g/mol. The van der Waals surface area contributed by atoms with E-state index in [1.165, 1.54) is 11.0 Å². The van der Waals surface area contributed by atoms with Crippen LogP contribution in [0.25, 0.3) is 0 Å². The molecule has 0 unspecified atom stereocenters. The Morgan fingerprint density at radius 1 is 1.09 bits per heavy atom. The number of phenolic OH excluding ortho intramolecular Hbond substituents is 1. The van der Waals surface area contributed by atoms with Crippen LogP contribution in [0.4, 0.5) is 0 Å². The minimum absolute atomic E-state index is 0.0181. The quantitative estimate of drug-likeness (QED) is 0.891. The first-order valence-corrected chi connectivity index (χ1v) is 6.92. The number of hydrogen-bond donors (Lipinski definition) is 1. The van der Waals surface area contributed by atoms with Crippen LogP contribution in [-0.4, -0.2) is 43.2 Å². The van der Waals surface area contributed by atoms with Crippen LogP contribution in [0.15, 0.2) is 48.5 Å². The van der Waals surface area contributed by atoms with Crippen LogP contribution < -0.4 is 9.47 Å². The van der Waals surface area contributed by atoms with Crippen molar-refractivity contribution in [1.29, 1.82) is 0 Å². The molecule has 0 bridgehead atoms. The van der Waals surface area contributed by atoms with Crippen molar-refractivity contribution in [3.8, 4) is 17.2 Å². The number of amides is 1. The molecule has 0 aliphatic carbocycles. The smallest absolute Gasteiger partial charge is 0.257 e. The molecule has 1 amide bonds. The van der Waals surface area contributed by atoms with Crippen LogP contribution in [0, 0.1) is 0 Å². The molecule has 0 aliphatic heterocycles. The molecular weight excluding hydrogens is 282 g/mol. The number of aromatic hydroxyl groups is 1. The van der Waals surface area contributed by atoms with Gasteiger partial charge in [-0.1, -0.05) is 12.1 Å². The lowest BCUT2D eigenvalue weighted by atomic mass is 10.2. The fourth-order valence-electron chi connectivity index (χ4n) is 1.93. The Morgan fingerprint density at radius 3 is 2.36 bits per heavy atom. The van der Waals surface area contributed by atoms with Gasteiger partial charge in [-0.15, -0.1) is 0 Å². The summed E-state index contributed by atoms with van der Waals surface area (Å²) in [5.41, 5.74) is 0.287. The Bertz CT molecular complexity index is 625. The summed E-state index contributed by atoms with van der Waals surface area (Å²) >= 11 is 0. The lowest BCUT2D eigenvalue weighted by Gasteiger charge is -2.18. The van der Waals surface area contributed by atoms with Gasteiger partial charge in [0.1, 0.15) is 23.9 Å². The normalized spacial score (nSPS) is 10.1. The summed E-state index contributed by atoms with van der Waals surface area (Å²) in [5, 5.41) is 9.69. The fraction of sp³-hybridized carbons (Fsp3) is 0.235. The molecule has 2 aromatic rings. The Labute approximate surface area is 129 Å². The molecule has 0 saturated carbocycles. The van der Waals surface area contributed by atoms with Crippen LogP contribution in [0.5, 0.6) is 17.2 Å². The second kappa shape index (κ2) is 7.36. The zero-order valence-electron chi connectivity index (χ0n) is 12.7. The van der Waals surface area contributed by atoms with Gasteiger partial charge in [-0.3, -0.25) is 4.79 Å². The topological polar surface area (TPSA) is 59.0 Å². The minimum Gasteiger partial charge on any atom is -0.507 e. The van der Waals surface area contributed by atoms with Gasteiger partial charge in [0.2, 0.25) is 0 Å². The van der Waals surface area contributed by atoms with E-state index in [4.69, 9.17) is 9.47 Å². The molecule has 5 nitrogen and oxygen atoms in total. The van der Waals surface area contributed by atoms with Crippen molar-refractivity contribution in [3.05, 3.63) is 54.1 Å². The highest BCUT2D eigenvalue weighted by Crippen LogP contribution is 2.18. The van der Waals surface area contributed by atoms with Crippen molar-refractivity contribution in [2.24, 2.45) is 0 Å². The zero-order chi connectivity index (χ0) is 15.9. The van der Waals surface area contributed by atoms with Crippen LogP contribution in [0.3, 0.4) is 0 Å². The molecule has 116 valence electrons. The van der Waals surface area contributed by atoms with E-state index in [0.29, 0.717) is 18.9 Å². The largest absolute Gasteiger partial charge is 0.507 e. The lowest BCUT2D eigenvalue weighted by molar-refractivity contribution is 0.0771. The van der Waals surface area contributed by atoms with Crippen molar-refractivity contribution in [2.75, 3.05) is 27.3 Å². The van der Waals surface area contributed by atoms with Crippen LogP contribution >= 0.6 is 0 Å². The molecule has 0 aromatic heterocycles. The number of methoxy groups -OCH3 is 1. The third-order valence-electron chi connectivity index (χ3n) is 3.24. The van der Waals surface area contributed by atoms with Crippen molar-refractivity contribution in [2.45, 2.75) is 0 Å². The molecule has 0 saturated heterocycles. The first kappa shape index (κ1) is 15.7. The van der Waals surface area contributed by atoms with E-state index in [0.717, 1.165) is 5.75 Å². The van der Waals surface area contributed by atoms with Gasteiger partial charge in [-0.25, -0.2) is 0 Å². The number of hydrogen-bond acceptors (Lipinski definition) is 4. The van der Waals surface area contributed by atoms with Gasteiger partial charge in [-0.2, -0.15) is 0 Å². The van der Waals surface area contributed by atoms with E-state index >= 15 is 0 Å². The highest BCUT2D eigenvalue weighted by atomic mass is 16.5. The molecule has 0 fully saturated rings. The van der Waals surface area contributed by atoms with E-state index in [9.17, 15) is 9.90 Å². The number of rotatable bonds is 6. The number of phenols is 1. The summed E-state index contributed by atoms with van der Waals surface area (Å²) < 4.78 is 10.7. The average Bonchev–Trinajstić information content (AvgIpc) is 2.55. The van der Waals surface area contributed by atoms with E-state index in [2.05, 4.69) is 0 Å². The predicted molar refractivity (Wildman–Crippen MR) is 83.6 cm³/mol. The second-order valence-corrected chi connectivity index (χ2v) is 4.77. The molecule has 0 spiro atoms. The maximum atomic E-state index is 12.2. The molecule has 22 heavy (non-hydrogen) atoms. The van der Waals surface area contributed by atoms with Gasteiger partial charge >= 0.3 is 0 Å². The highest BCUT2D eigenvalue weighted by molar-refractivity contribution is 5.96. The molecule has 0 radical (unpaired) electrons. The van der Waals surface area contributed by atoms with E-state index in [-0.39, 0.29) is 17.2 Å². The van der Waals surface area contributed by atoms with Gasteiger partial charge in [-0.05, 0) is 36.4 Å². The summed E-state index contributed by atoms with van der Waals surface area (Å²) in [7, 11) is 3.28. The summed E-state index contributed by atoms with van der Waals surface area (Å²) in [6, 6.07) is 13.7. The molecule has 2 aromatic carbocycles. The van der Waals surface area contributed by atoms with Gasteiger partial charge in [0.25, 0.3) is 5.91 Å². The molecule has 0 aliphatic rings. The minimum atomic E-state index is -0.239. The maximum absolute atomic E-state index is 12.2. The molecular formula is C17H19NO4. The van der Waals surface area contributed by atoms with Gasteiger partial charge in [0.05, 0.1) is 19.2 Å². The Balaban J connectivity index is 1.85. The fourth-order valence-corrected chi connectivity index (χ4v) is 1.93. The van der Waals surface area contributed by atoms with Gasteiger partial charge in [0.15, 0.2) is 0 Å². The van der Waals surface area contributed by atoms with Crippen molar-refractivity contribution >= 4 is 5.91 Å². The first-order valence-electron chi connectivity index (χ1n) is 6.92. The van der Waals surface area contributed by atoms with E-state index in [1.54, 1.807) is 32.4 Å². The van der Waals surface area contributed by atoms with Crippen molar-refractivity contribution < 1.29 is 19.4 Å². The highest BCUT2D eigenvalue weighted by Gasteiger charge is 2.14. The number of carbonyl (C=O) groups excluding carboxylic acids is 1. The van der Waals surface area contributed by atoms with Crippen LogP contribution in [0.2, 0.25) is 0 Å². The second-order valence-electron chi connectivity index (χ2n) is 4.77. The summed E-state index contributed by atoms with van der Waals surface area (Å²) in [6.45, 7) is 0.779. The SMILES string of the molecule is COc1ccc(OCCN(C)C(=O)c2ccccc2O)cc1. The lowest BCUT2D eigenvalue weighted by Crippen LogP contribution is -2.30. The summed E-state index contributed by atoms with van der Waals surface area (Å²) in [4.78, 5) is 13.7. The van der Waals surface area contributed by atoms with Crippen molar-refractivity contribution in [3.63, 3.8) is 0 Å². The molecule has 2 rings (SSSR count). The van der Waals surface area contributed by atoms with E-state index < -0.39 is 0 Å². The number of para-hydroxylation sites is 1. The van der Waals surface area contributed by atoms with E-state index in [1.807, 2.05) is 24.3 Å². The number of likely N-dealkylation sites (N-methyl/N-ethyl adjacent to an activating group) is 1. The zero-order valence-corrected chi connectivity index (χ0v) is 12.7. The van der Waals surface area contributed by atoms with Crippen LogP contribution in [-0.2, 0) is 0 Å². The predicted octanol–water partition coefficient (Wildman–Crippen LogP) is 2.55. The number of carbonyl (C=O) groups is 1. The van der Waals surface area contributed by atoms with Crippen molar-refractivity contribution in [1.82, 2.24) is 4.90 Å². The monoisotopic (exact) mass is 301 g/mol. The number of ether oxygens (including phenoxy) is 2. The Kier molecular flexibility index (Phi) is 5.25. The Hall–Kier alpha value is -2.69. The summed E-state index contributed by atoms with van der Waals surface area (Å²) in [6.07, 6.45) is 0. The molecule has 0 heterocycles. The standard InChI is InChI=1S/C17H19NO4/c1-18(17(20)15-5-3-4-6-16(15)19)11-12-22-14-9-7-13(21-2)8-10-14/h3-10,19H,11-12H2,1-2H3. The third-order valence-corrected chi connectivity index (χ3v) is 3.24.